The van der Waals surface area contributed by atoms with E-state index in [-0.39, 0.29) is 11.9 Å². The zero-order valence-corrected chi connectivity index (χ0v) is 17.2. The molecule has 0 bridgehead atoms. The number of anilines is 1. The van der Waals surface area contributed by atoms with Crippen LogP contribution in [0.2, 0.25) is 0 Å². The number of piperazine rings is 1. The lowest BCUT2D eigenvalue weighted by Crippen LogP contribution is -2.51. The van der Waals surface area contributed by atoms with Crippen molar-refractivity contribution in [1.82, 2.24) is 14.8 Å². The molecule has 1 atom stereocenters. The van der Waals surface area contributed by atoms with Crippen molar-refractivity contribution in [3.63, 3.8) is 0 Å². The van der Waals surface area contributed by atoms with Crippen LogP contribution in [0.5, 0.6) is 0 Å². The normalized spacial score (nSPS) is 20.1. The van der Waals surface area contributed by atoms with Crippen LogP contribution in [-0.4, -0.2) is 79.8 Å². The molecule has 2 aliphatic rings. The molecule has 1 aromatic carbocycles. The molecule has 2 N–H and O–H groups in total. The Labute approximate surface area is 174 Å². The number of guanidine groups is 1. The maximum atomic E-state index is 13.4. The van der Waals surface area contributed by atoms with Crippen LogP contribution in [0.15, 0.2) is 40.8 Å². The number of benzene rings is 1. The van der Waals surface area contributed by atoms with Gasteiger partial charge in [0.25, 0.3) is 0 Å². The second kappa shape index (κ2) is 9.51. The van der Waals surface area contributed by atoms with Gasteiger partial charge in [-0.3, -0.25) is 9.89 Å². The average molecular weight is 419 g/mol. The molecule has 2 aromatic rings. The van der Waals surface area contributed by atoms with Gasteiger partial charge in [0.1, 0.15) is 5.82 Å². The quantitative estimate of drug-likeness (QED) is 0.590. The van der Waals surface area contributed by atoms with E-state index in [2.05, 4.69) is 19.7 Å². The molecule has 0 amide bonds. The maximum absolute atomic E-state index is 13.4. The number of hydrogen-bond acceptors (Lipinski definition) is 6. The molecular formula is C20H27FN6OS. The van der Waals surface area contributed by atoms with Crippen molar-refractivity contribution in [3.05, 3.63) is 47.2 Å². The summed E-state index contributed by atoms with van der Waals surface area (Å²) in [6.07, 6.45) is 1.84. The van der Waals surface area contributed by atoms with E-state index in [1.165, 1.54) is 12.1 Å². The number of ether oxygens (including phenoxy) is 1. The number of halogens is 1. The topological polar surface area (TPSA) is 70.2 Å². The summed E-state index contributed by atoms with van der Waals surface area (Å²) >= 11 is 1.66. The van der Waals surface area contributed by atoms with Gasteiger partial charge in [-0.25, -0.2) is 9.37 Å². The Morgan fingerprint density at radius 1 is 1.14 bits per heavy atom. The first-order valence-electron chi connectivity index (χ1n) is 9.97. The fourth-order valence-corrected chi connectivity index (χ4v) is 4.48. The van der Waals surface area contributed by atoms with Crippen LogP contribution in [0.1, 0.15) is 11.6 Å². The molecule has 4 rings (SSSR count). The van der Waals surface area contributed by atoms with E-state index in [0.717, 1.165) is 50.0 Å². The highest BCUT2D eigenvalue weighted by Crippen LogP contribution is 2.23. The third-order valence-electron chi connectivity index (χ3n) is 5.46. The first kappa shape index (κ1) is 20.1. The minimum absolute atomic E-state index is 0.0645. The van der Waals surface area contributed by atoms with Crippen molar-refractivity contribution in [2.45, 2.75) is 6.04 Å². The Hall–Kier alpha value is -2.23. The fraction of sp³-hybridized carbons (Fsp3) is 0.500. The predicted octanol–water partition coefficient (Wildman–Crippen LogP) is 1.79. The molecule has 2 aliphatic heterocycles. The van der Waals surface area contributed by atoms with E-state index < -0.39 is 0 Å². The summed E-state index contributed by atoms with van der Waals surface area (Å²) in [5, 5.41) is 3.06. The van der Waals surface area contributed by atoms with Crippen LogP contribution in [-0.2, 0) is 4.74 Å². The van der Waals surface area contributed by atoms with Gasteiger partial charge in [-0.2, -0.15) is 0 Å². The highest BCUT2D eigenvalue weighted by atomic mass is 32.1. The summed E-state index contributed by atoms with van der Waals surface area (Å²) in [6.45, 7) is 7.05. The Morgan fingerprint density at radius 2 is 1.86 bits per heavy atom. The number of thiazole rings is 1. The molecule has 3 heterocycles. The monoisotopic (exact) mass is 418 g/mol. The van der Waals surface area contributed by atoms with Gasteiger partial charge in [-0.15, -0.1) is 11.3 Å². The number of hydrogen-bond donors (Lipinski definition) is 1. The lowest BCUT2D eigenvalue weighted by molar-refractivity contribution is 0.0179. The van der Waals surface area contributed by atoms with Crippen molar-refractivity contribution in [1.29, 1.82) is 0 Å². The lowest BCUT2D eigenvalue weighted by atomic mass is 10.0. The Bertz CT molecular complexity index is 786. The van der Waals surface area contributed by atoms with Gasteiger partial charge in [-0.05, 0) is 17.7 Å². The van der Waals surface area contributed by atoms with E-state index in [0.29, 0.717) is 25.7 Å². The standard InChI is InChI=1S/C20H27FN6OS/c21-17-3-1-16(2-4-17)18(25-10-12-28-13-11-25)15-24-19(22)26-6-8-27(9-7-26)20-23-5-14-29-20/h1-5,14,18H,6-13,15H2,(H2,22,24). The molecular weight excluding hydrogens is 391 g/mol. The Balaban J connectivity index is 1.40. The third kappa shape index (κ3) is 5.04. The lowest BCUT2D eigenvalue weighted by Gasteiger charge is -2.36. The average Bonchev–Trinajstić information content (AvgIpc) is 3.31. The smallest absolute Gasteiger partial charge is 0.191 e. The third-order valence-corrected chi connectivity index (χ3v) is 6.29. The summed E-state index contributed by atoms with van der Waals surface area (Å²) in [5.41, 5.74) is 7.39. The number of morpholine rings is 1. The molecule has 0 radical (unpaired) electrons. The van der Waals surface area contributed by atoms with Crippen molar-refractivity contribution in [2.75, 3.05) is 63.9 Å². The molecule has 1 aromatic heterocycles. The maximum Gasteiger partial charge on any atom is 0.191 e. The van der Waals surface area contributed by atoms with Crippen LogP contribution in [0.4, 0.5) is 9.52 Å². The number of aliphatic imine (C=N–C) groups is 1. The van der Waals surface area contributed by atoms with E-state index in [1.807, 2.05) is 23.7 Å². The van der Waals surface area contributed by atoms with Crippen LogP contribution in [0.25, 0.3) is 0 Å². The summed E-state index contributed by atoms with van der Waals surface area (Å²) < 4.78 is 18.9. The van der Waals surface area contributed by atoms with E-state index in [1.54, 1.807) is 11.3 Å². The van der Waals surface area contributed by atoms with Gasteiger partial charge in [0, 0.05) is 50.8 Å². The van der Waals surface area contributed by atoms with Crippen molar-refractivity contribution in [3.8, 4) is 0 Å². The molecule has 9 heteroatoms. The van der Waals surface area contributed by atoms with E-state index >= 15 is 0 Å². The van der Waals surface area contributed by atoms with Gasteiger partial charge in [0.2, 0.25) is 0 Å². The predicted molar refractivity (Wildman–Crippen MR) is 114 cm³/mol. The largest absolute Gasteiger partial charge is 0.379 e. The van der Waals surface area contributed by atoms with Crippen molar-refractivity contribution >= 4 is 22.4 Å². The van der Waals surface area contributed by atoms with Gasteiger partial charge < -0.3 is 20.3 Å². The fourth-order valence-electron chi connectivity index (χ4n) is 3.78. The summed E-state index contributed by atoms with van der Waals surface area (Å²) in [7, 11) is 0. The molecule has 156 valence electrons. The van der Waals surface area contributed by atoms with Gasteiger partial charge in [0.15, 0.2) is 11.1 Å². The molecule has 1 unspecified atom stereocenters. The van der Waals surface area contributed by atoms with Crippen LogP contribution in [0.3, 0.4) is 0 Å². The number of aromatic nitrogens is 1. The zero-order valence-electron chi connectivity index (χ0n) is 16.4. The highest BCUT2D eigenvalue weighted by Gasteiger charge is 2.24. The molecule has 0 spiro atoms. The minimum Gasteiger partial charge on any atom is -0.379 e. The van der Waals surface area contributed by atoms with Gasteiger partial charge >= 0.3 is 0 Å². The second-order valence-electron chi connectivity index (χ2n) is 7.20. The highest BCUT2D eigenvalue weighted by molar-refractivity contribution is 7.13. The van der Waals surface area contributed by atoms with Crippen molar-refractivity contribution in [2.24, 2.45) is 10.7 Å². The van der Waals surface area contributed by atoms with Crippen LogP contribution >= 0.6 is 11.3 Å². The van der Waals surface area contributed by atoms with E-state index in [9.17, 15) is 4.39 Å². The van der Waals surface area contributed by atoms with Crippen LogP contribution < -0.4 is 10.6 Å². The second-order valence-corrected chi connectivity index (χ2v) is 8.08. The molecule has 0 aliphatic carbocycles. The molecule has 0 saturated carbocycles. The van der Waals surface area contributed by atoms with Gasteiger partial charge in [0.05, 0.1) is 25.8 Å². The van der Waals surface area contributed by atoms with Gasteiger partial charge in [-0.1, -0.05) is 12.1 Å². The summed E-state index contributed by atoms with van der Waals surface area (Å²) in [6, 6.07) is 6.76. The Morgan fingerprint density at radius 3 is 2.52 bits per heavy atom. The summed E-state index contributed by atoms with van der Waals surface area (Å²) in [4.78, 5) is 15.9. The minimum atomic E-state index is -0.226. The first-order chi connectivity index (χ1) is 14.2. The van der Waals surface area contributed by atoms with E-state index in [4.69, 9.17) is 15.5 Å². The SMILES string of the molecule is NC(=NCC(c1ccc(F)cc1)N1CCOCC1)N1CCN(c2nccs2)CC1. The molecule has 7 nitrogen and oxygen atoms in total. The molecule has 2 saturated heterocycles. The van der Waals surface area contributed by atoms with Crippen LogP contribution in [0, 0.1) is 5.82 Å². The number of nitrogens with two attached hydrogens (primary N) is 1. The first-order valence-corrected chi connectivity index (χ1v) is 10.9. The molecule has 29 heavy (non-hydrogen) atoms. The number of rotatable bonds is 5. The zero-order chi connectivity index (χ0) is 20.1. The van der Waals surface area contributed by atoms with Crippen molar-refractivity contribution < 1.29 is 9.13 Å². The summed E-state index contributed by atoms with van der Waals surface area (Å²) in [5.74, 6) is 0.347. The Kier molecular flexibility index (Phi) is 6.58. The molecule has 2 fully saturated rings. The number of nitrogens with zero attached hydrogens (tertiary/aromatic N) is 5.